The van der Waals surface area contributed by atoms with Gasteiger partial charge in [0.2, 0.25) is 11.0 Å². The molecule has 162 valence electrons. The Balaban J connectivity index is 1.55. The maximum absolute atomic E-state index is 12.5. The second kappa shape index (κ2) is 8.29. The van der Waals surface area contributed by atoms with Crippen LogP contribution in [0.4, 0.5) is 5.82 Å². The Kier molecular flexibility index (Phi) is 5.32. The fourth-order valence-electron chi connectivity index (χ4n) is 3.63. The number of hydrogen-bond donors (Lipinski definition) is 2. The van der Waals surface area contributed by atoms with Crippen molar-refractivity contribution in [1.29, 1.82) is 0 Å². The van der Waals surface area contributed by atoms with E-state index < -0.39 is 5.91 Å². The molecule has 2 aromatic heterocycles. The summed E-state index contributed by atoms with van der Waals surface area (Å²) in [6.07, 6.45) is 0. The average Bonchev–Trinajstić information content (AvgIpc) is 3.29. The molecule has 0 aliphatic carbocycles. The van der Waals surface area contributed by atoms with Crippen LogP contribution in [0.3, 0.4) is 0 Å². The summed E-state index contributed by atoms with van der Waals surface area (Å²) in [6.45, 7) is 1.77. The van der Waals surface area contributed by atoms with Gasteiger partial charge in [-0.1, -0.05) is 35.6 Å². The van der Waals surface area contributed by atoms with Crippen molar-refractivity contribution in [1.82, 2.24) is 14.8 Å². The normalized spacial score (nSPS) is 15.8. The molecule has 32 heavy (non-hydrogen) atoms. The highest BCUT2D eigenvalue weighted by Gasteiger charge is 2.31. The van der Waals surface area contributed by atoms with Gasteiger partial charge in [0.15, 0.2) is 6.61 Å². The fraction of sp³-hybridized carbons (Fsp3) is 0.182. The number of thioether (sulfide) groups is 1. The Bertz CT molecular complexity index is 1300. The number of para-hydroxylation sites is 1. The summed E-state index contributed by atoms with van der Waals surface area (Å²) in [6, 6.07) is 15.4. The van der Waals surface area contributed by atoms with E-state index in [1.165, 1.54) is 11.3 Å². The van der Waals surface area contributed by atoms with Gasteiger partial charge in [0.05, 0.1) is 26.9 Å². The van der Waals surface area contributed by atoms with Gasteiger partial charge in [0.25, 0.3) is 5.91 Å². The van der Waals surface area contributed by atoms with Gasteiger partial charge in [-0.3, -0.25) is 9.59 Å². The SMILES string of the molecule is Cc1nn(-c2nc3ccccc3s2)c2c1C(c1ccc(OCC(N)=O)cc1)SCC(=O)N2. The van der Waals surface area contributed by atoms with E-state index in [2.05, 4.69) is 5.32 Å². The largest absolute Gasteiger partial charge is 0.484 e. The fourth-order valence-corrected chi connectivity index (χ4v) is 5.74. The molecule has 3 N–H and O–H groups in total. The summed E-state index contributed by atoms with van der Waals surface area (Å²) in [5.74, 6) is 0.916. The van der Waals surface area contributed by atoms with Crippen molar-refractivity contribution in [3.8, 4) is 10.9 Å². The summed E-state index contributed by atoms with van der Waals surface area (Å²) in [5.41, 5.74) is 8.82. The highest BCUT2D eigenvalue weighted by molar-refractivity contribution is 8.00. The molecule has 0 fully saturated rings. The van der Waals surface area contributed by atoms with E-state index in [4.69, 9.17) is 20.6 Å². The van der Waals surface area contributed by atoms with Crippen molar-refractivity contribution in [2.24, 2.45) is 5.73 Å². The number of fused-ring (bicyclic) bond motifs is 2. The van der Waals surface area contributed by atoms with Crippen LogP contribution in [-0.2, 0) is 9.59 Å². The van der Waals surface area contributed by atoms with E-state index in [9.17, 15) is 9.59 Å². The first kappa shape index (κ1) is 20.5. The smallest absolute Gasteiger partial charge is 0.255 e. The van der Waals surface area contributed by atoms with Crippen LogP contribution in [0.5, 0.6) is 5.75 Å². The number of carbonyl (C=O) groups is 2. The van der Waals surface area contributed by atoms with Crippen molar-refractivity contribution in [2.45, 2.75) is 12.2 Å². The number of thiazole rings is 1. The Morgan fingerprint density at radius 2 is 2.03 bits per heavy atom. The zero-order valence-electron chi connectivity index (χ0n) is 17.1. The van der Waals surface area contributed by atoms with E-state index in [0.717, 1.165) is 27.0 Å². The predicted molar refractivity (Wildman–Crippen MR) is 126 cm³/mol. The summed E-state index contributed by atoms with van der Waals surface area (Å²) < 4.78 is 8.15. The summed E-state index contributed by atoms with van der Waals surface area (Å²) in [5, 5.41) is 8.37. The maximum atomic E-state index is 12.5. The average molecular weight is 466 g/mol. The van der Waals surface area contributed by atoms with Gasteiger partial charge < -0.3 is 15.8 Å². The van der Waals surface area contributed by atoms with Crippen molar-refractivity contribution in [3.63, 3.8) is 0 Å². The lowest BCUT2D eigenvalue weighted by molar-refractivity contribution is -0.120. The van der Waals surface area contributed by atoms with Gasteiger partial charge in [0, 0.05) is 5.56 Å². The van der Waals surface area contributed by atoms with Crippen molar-refractivity contribution in [2.75, 3.05) is 17.7 Å². The number of benzene rings is 2. The zero-order valence-corrected chi connectivity index (χ0v) is 18.7. The molecule has 1 aliphatic heterocycles. The minimum absolute atomic E-state index is 0.0811. The lowest BCUT2D eigenvalue weighted by atomic mass is 10.0. The molecule has 0 bridgehead atoms. The van der Waals surface area contributed by atoms with Gasteiger partial charge in [0.1, 0.15) is 11.6 Å². The summed E-state index contributed by atoms with van der Waals surface area (Å²) >= 11 is 3.07. The standard InChI is InChI=1S/C22H19N5O3S2/c1-12-19-20(13-6-8-14(9-7-13)30-10-17(23)28)31-11-18(29)25-21(19)27(26-12)22-24-15-4-2-3-5-16(15)32-22/h2-9,20H,10-11H2,1H3,(H2,23,28)(H,25,29). The Hall–Kier alpha value is -3.37. The lowest BCUT2D eigenvalue weighted by Gasteiger charge is -2.16. The summed E-state index contributed by atoms with van der Waals surface area (Å²) in [7, 11) is 0. The molecule has 4 aromatic rings. The molecule has 0 spiro atoms. The highest BCUT2D eigenvalue weighted by atomic mass is 32.2. The third-order valence-electron chi connectivity index (χ3n) is 5.04. The highest BCUT2D eigenvalue weighted by Crippen LogP contribution is 2.44. The van der Waals surface area contributed by atoms with Gasteiger partial charge in [-0.2, -0.15) is 9.78 Å². The predicted octanol–water partition coefficient (Wildman–Crippen LogP) is 3.43. The molecule has 0 saturated heterocycles. The van der Waals surface area contributed by atoms with Crippen LogP contribution < -0.4 is 15.8 Å². The Morgan fingerprint density at radius 3 is 2.78 bits per heavy atom. The number of hydrogen-bond acceptors (Lipinski definition) is 7. The number of nitrogens with zero attached hydrogens (tertiary/aromatic N) is 3. The third kappa shape index (κ3) is 3.82. The van der Waals surface area contributed by atoms with Crippen LogP contribution in [0.1, 0.15) is 22.1 Å². The quantitative estimate of drug-likeness (QED) is 0.467. The molecule has 0 radical (unpaired) electrons. The number of nitrogens with one attached hydrogen (secondary N) is 1. The molecule has 1 unspecified atom stereocenters. The second-order valence-corrected chi connectivity index (χ2v) is 9.39. The van der Waals surface area contributed by atoms with Gasteiger partial charge in [-0.25, -0.2) is 4.98 Å². The number of amides is 2. The molecule has 10 heteroatoms. The Morgan fingerprint density at radius 1 is 1.25 bits per heavy atom. The molecule has 2 aromatic carbocycles. The van der Waals surface area contributed by atoms with Crippen molar-refractivity contribution in [3.05, 3.63) is 65.4 Å². The van der Waals surface area contributed by atoms with Crippen LogP contribution in [0.25, 0.3) is 15.3 Å². The number of aromatic nitrogens is 3. The number of primary amides is 1. The van der Waals surface area contributed by atoms with E-state index in [1.54, 1.807) is 28.6 Å². The maximum Gasteiger partial charge on any atom is 0.255 e. The van der Waals surface area contributed by atoms with E-state index in [-0.39, 0.29) is 17.8 Å². The van der Waals surface area contributed by atoms with Crippen LogP contribution in [0, 0.1) is 6.92 Å². The summed E-state index contributed by atoms with van der Waals surface area (Å²) in [4.78, 5) is 28.2. The van der Waals surface area contributed by atoms with Gasteiger partial charge in [-0.15, -0.1) is 11.8 Å². The number of nitrogens with two attached hydrogens (primary N) is 1. The molecule has 2 amide bonds. The first-order valence-corrected chi connectivity index (χ1v) is 11.7. The topological polar surface area (TPSA) is 112 Å². The number of carbonyl (C=O) groups excluding carboxylic acids is 2. The molecule has 8 nitrogen and oxygen atoms in total. The first-order valence-electron chi connectivity index (χ1n) is 9.87. The van der Waals surface area contributed by atoms with Crippen molar-refractivity contribution < 1.29 is 14.3 Å². The molecule has 1 aliphatic rings. The van der Waals surface area contributed by atoms with Crippen LogP contribution >= 0.6 is 23.1 Å². The van der Waals surface area contributed by atoms with Crippen LogP contribution in [0.15, 0.2) is 48.5 Å². The lowest BCUT2D eigenvalue weighted by Crippen LogP contribution is -2.19. The monoisotopic (exact) mass is 465 g/mol. The van der Waals surface area contributed by atoms with E-state index in [1.807, 2.05) is 43.3 Å². The third-order valence-corrected chi connectivity index (χ3v) is 7.32. The minimum atomic E-state index is -0.527. The zero-order chi connectivity index (χ0) is 22.2. The first-order chi connectivity index (χ1) is 15.5. The van der Waals surface area contributed by atoms with Gasteiger partial charge >= 0.3 is 0 Å². The second-order valence-electron chi connectivity index (χ2n) is 7.29. The van der Waals surface area contributed by atoms with E-state index in [0.29, 0.717) is 22.5 Å². The van der Waals surface area contributed by atoms with Crippen LogP contribution in [-0.4, -0.2) is 38.9 Å². The Labute approximate surface area is 191 Å². The number of ether oxygens (including phenoxy) is 1. The molecule has 0 saturated carbocycles. The molecular weight excluding hydrogens is 446 g/mol. The van der Waals surface area contributed by atoms with Crippen LogP contribution in [0.2, 0.25) is 0 Å². The molecule has 1 atom stereocenters. The number of aryl methyl sites for hydroxylation is 1. The molecule has 3 heterocycles. The van der Waals surface area contributed by atoms with Crippen molar-refractivity contribution >= 4 is 50.9 Å². The minimum Gasteiger partial charge on any atom is -0.484 e. The van der Waals surface area contributed by atoms with E-state index >= 15 is 0 Å². The molecular formula is C22H19N5O3S2. The number of anilines is 1. The molecule has 5 rings (SSSR count). The van der Waals surface area contributed by atoms with Gasteiger partial charge in [-0.05, 0) is 36.8 Å². The number of rotatable bonds is 5.